The second-order valence-corrected chi connectivity index (χ2v) is 6.17. The van der Waals surface area contributed by atoms with Crippen LogP contribution in [0.5, 0.6) is 11.6 Å². The number of alkyl halides is 3. The number of rotatable bonds is 5. The van der Waals surface area contributed by atoms with Crippen LogP contribution >= 0.6 is 0 Å². The van der Waals surface area contributed by atoms with Gasteiger partial charge in [-0.25, -0.2) is 9.78 Å². The summed E-state index contributed by atoms with van der Waals surface area (Å²) in [5.74, 6) is 0.155. The zero-order valence-corrected chi connectivity index (χ0v) is 15.4. The Kier molecular flexibility index (Phi) is 5.30. The highest BCUT2D eigenvalue weighted by Gasteiger charge is 2.43. The van der Waals surface area contributed by atoms with E-state index >= 15 is 0 Å². The summed E-state index contributed by atoms with van der Waals surface area (Å²) in [7, 11) is 2.75. The Bertz CT molecular complexity index is 858. The number of halogens is 3. The summed E-state index contributed by atoms with van der Waals surface area (Å²) in [6.45, 7) is 1.88. The van der Waals surface area contributed by atoms with Gasteiger partial charge >= 0.3 is 12.3 Å². The number of ether oxygens (including phenoxy) is 3. The molecule has 0 radical (unpaired) electrons. The van der Waals surface area contributed by atoms with E-state index in [4.69, 9.17) is 14.2 Å². The number of carbonyl (C=O) groups excluding carboxylic acids is 1. The first-order valence-electron chi connectivity index (χ1n) is 8.33. The van der Waals surface area contributed by atoms with Gasteiger partial charge in [0.1, 0.15) is 5.75 Å². The van der Waals surface area contributed by atoms with Gasteiger partial charge in [0, 0.05) is 12.6 Å². The molecule has 10 heteroatoms. The molecule has 1 aromatic carbocycles. The van der Waals surface area contributed by atoms with Gasteiger partial charge in [0.15, 0.2) is 17.6 Å². The van der Waals surface area contributed by atoms with Crippen molar-refractivity contribution in [1.82, 2.24) is 14.9 Å². The van der Waals surface area contributed by atoms with Crippen molar-refractivity contribution in [2.24, 2.45) is 0 Å². The van der Waals surface area contributed by atoms with Gasteiger partial charge in [-0.3, -0.25) is 4.90 Å². The van der Waals surface area contributed by atoms with E-state index in [9.17, 15) is 18.0 Å². The molecular formula is C18H18F3N3O4. The first kappa shape index (κ1) is 19.7. The van der Waals surface area contributed by atoms with Crippen LogP contribution in [0.25, 0.3) is 0 Å². The number of methoxy groups -OCH3 is 2. The van der Waals surface area contributed by atoms with Crippen molar-refractivity contribution in [3.05, 3.63) is 47.4 Å². The van der Waals surface area contributed by atoms with Crippen LogP contribution in [0.15, 0.2) is 30.3 Å². The van der Waals surface area contributed by atoms with Crippen molar-refractivity contribution in [3.8, 4) is 11.6 Å². The molecule has 7 nitrogen and oxygen atoms in total. The summed E-state index contributed by atoms with van der Waals surface area (Å²) >= 11 is 0. The van der Waals surface area contributed by atoms with Crippen LogP contribution in [0.3, 0.4) is 0 Å². The number of aromatic nitrogens is 2. The topological polar surface area (TPSA) is 73.8 Å². The Morgan fingerprint density at radius 1 is 1.14 bits per heavy atom. The molecule has 0 saturated carbocycles. The van der Waals surface area contributed by atoms with Crippen molar-refractivity contribution < 1.29 is 32.2 Å². The molecule has 2 heterocycles. The molecule has 2 atom stereocenters. The summed E-state index contributed by atoms with van der Waals surface area (Å²) in [5, 5.41) is 0. The quantitative estimate of drug-likeness (QED) is 0.768. The van der Waals surface area contributed by atoms with Gasteiger partial charge < -0.3 is 14.2 Å². The molecule has 1 fully saturated rings. The van der Waals surface area contributed by atoms with E-state index < -0.39 is 30.1 Å². The fraction of sp³-hybridized carbons (Fsp3) is 0.389. The number of cyclic esters (lactones) is 1. The number of carbonyl (C=O) groups is 1. The van der Waals surface area contributed by atoms with Crippen molar-refractivity contribution in [2.75, 3.05) is 14.2 Å². The number of nitrogens with zero attached hydrogens (tertiary/aromatic N) is 3. The molecule has 1 saturated heterocycles. The average Bonchev–Trinajstić information content (AvgIpc) is 2.95. The number of hydrogen-bond donors (Lipinski definition) is 0. The maximum Gasteiger partial charge on any atom is 0.433 e. The Morgan fingerprint density at radius 2 is 1.82 bits per heavy atom. The molecule has 1 amide bonds. The minimum absolute atomic E-state index is 0.219. The molecule has 0 unspecified atom stereocenters. The third-order valence-corrected chi connectivity index (χ3v) is 4.38. The van der Waals surface area contributed by atoms with Crippen LogP contribution in [-0.2, 0) is 17.5 Å². The summed E-state index contributed by atoms with van der Waals surface area (Å²) in [6.07, 6.45) is -6.39. The zero-order valence-electron chi connectivity index (χ0n) is 15.4. The molecule has 28 heavy (non-hydrogen) atoms. The summed E-state index contributed by atoms with van der Waals surface area (Å²) in [5.41, 5.74) is -0.348. The minimum Gasteiger partial charge on any atom is -0.497 e. The Labute approximate surface area is 159 Å². The lowest BCUT2D eigenvalue weighted by atomic mass is 10.1. The number of amides is 1. The van der Waals surface area contributed by atoms with E-state index in [1.165, 1.54) is 12.0 Å². The van der Waals surface area contributed by atoms with Crippen LogP contribution in [0.1, 0.15) is 30.1 Å². The van der Waals surface area contributed by atoms with Crippen LogP contribution < -0.4 is 9.47 Å². The summed E-state index contributed by atoms with van der Waals surface area (Å²) in [6, 6.07) is 7.19. The average molecular weight is 397 g/mol. The fourth-order valence-electron chi connectivity index (χ4n) is 2.83. The largest absolute Gasteiger partial charge is 0.497 e. The van der Waals surface area contributed by atoms with E-state index in [0.717, 1.165) is 5.56 Å². The van der Waals surface area contributed by atoms with Crippen LogP contribution in [0, 0.1) is 0 Å². The molecule has 1 aliphatic rings. The molecule has 0 aliphatic carbocycles. The fourth-order valence-corrected chi connectivity index (χ4v) is 2.83. The van der Waals surface area contributed by atoms with Crippen molar-refractivity contribution in [1.29, 1.82) is 0 Å². The van der Waals surface area contributed by atoms with Gasteiger partial charge in [0.05, 0.1) is 20.3 Å². The highest BCUT2D eigenvalue weighted by molar-refractivity contribution is 5.70. The van der Waals surface area contributed by atoms with Gasteiger partial charge in [0.2, 0.25) is 5.88 Å². The van der Waals surface area contributed by atoms with Crippen LogP contribution in [-0.4, -0.2) is 41.2 Å². The molecule has 0 spiro atoms. The van der Waals surface area contributed by atoms with E-state index in [0.29, 0.717) is 11.8 Å². The lowest BCUT2D eigenvalue weighted by Gasteiger charge is -2.21. The molecule has 1 aromatic heterocycles. The van der Waals surface area contributed by atoms with Crippen molar-refractivity contribution in [2.45, 2.75) is 31.8 Å². The van der Waals surface area contributed by atoms with Crippen molar-refractivity contribution >= 4 is 6.09 Å². The third kappa shape index (κ3) is 3.95. The first-order valence-corrected chi connectivity index (χ1v) is 8.33. The monoisotopic (exact) mass is 397 g/mol. The maximum atomic E-state index is 13.1. The Balaban J connectivity index is 1.85. The predicted octanol–water partition coefficient (Wildman–Crippen LogP) is 3.59. The van der Waals surface area contributed by atoms with Crippen LogP contribution in [0.2, 0.25) is 0 Å². The highest BCUT2D eigenvalue weighted by Crippen LogP contribution is 2.35. The number of benzene rings is 1. The second-order valence-electron chi connectivity index (χ2n) is 6.17. The van der Waals surface area contributed by atoms with Gasteiger partial charge in [-0.15, -0.1) is 0 Å². The maximum absolute atomic E-state index is 13.1. The van der Waals surface area contributed by atoms with E-state index in [1.807, 2.05) is 0 Å². The van der Waals surface area contributed by atoms with E-state index in [-0.39, 0.29) is 18.2 Å². The standard InChI is InChI=1S/C18H18F3N3O4/c1-10-15(16-22-13(18(19,20)21)8-14(23-16)27-3)28-17(25)24(10)9-11-4-6-12(26-2)7-5-11/h4-8,10,15H,9H2,1-3H3/t10-,15+/m0/s1. The minimum atomic E-state index is -4.68. The van der Waals surface area contributed by atoms with Gasteiger partial charge in [-0.1, -0.05) is 12.1 Å². The lowest BCUT2D eigenvalue weighted by molar-refractivity contribution is -0.141. The molecule has 150 valence electrons. The Hall–Kier alpha value is -3.04. The molecular weight excluding hydrogens is 379 g/mol. The predicted molar refractivity (Wildman–Crippen MR) is 90.8 cm³/mol. The Morgan fingerprint density at radius 3 is 2.39 bits per heavy atom. The smallest absolute Gasteiger partial charge is 0.433 e. The lowest BCUT2D eigenvalue weighted by Crippen LogP contribution is -2.31. The highest BCUT2D eigenvalue weighted by atomic mass is 19.4. The summed E-state index contributed by atoms with van der Waals surface area (Å²) in [4.78, 5) is 21.2. The molecule has 0 N–H and O–H groups in total. The van der Waals surface area contributed by atoms with Gasteiger partial charge in [-0.2, -0.15) is 18.2 Å². The molecule has 2 aromatic rings. The zero-order chi connectivity index (χ0) is 20.5. The third-order valence-electron chi connectivity index (χ3n) is 4.38. The molecule has 1 aliphatic heterocycles. The number of hydrogen-bond acceptors (Lipinski definition) is 6. The van der Waals surface area contributed by atoms with Gasteiger partial charge in [-0.05, 0) is 24.6 Å². The molecule has 3 rings (SSSR count). The van der Waals surface area contributed by atoms with E-state index in [2.05, 4.69) is 9.97 Å². The first-order chi connectivity index (χ1) is 13.2. The molecule has 0 bridgehead atoms. The van der Waals surface area contributed by atoms with E-state index in [1.54, 1.807) is 38.3 Å². The van der Waals surface area contributed by atoms with Gasteiger partial charge in [0.25, 0.3) is 0 Å². The SMILES string of the molecule is COc1ccc(CN2C(=O)O[C@@H](c3nc(OC)cc(C(F)(F)F)n3)[C@@H]2C)cc1. The van der Waals surface area contributed by atoms with Crippen LogP contribution in [0.4, 0.5) is 18.0 Å². The second kappa shape index (κ2) is 7.53. The normalized spacial score (nSPS) is 19.5. The van der Waals surface area contributed by atoms with Crippen molar-refractivity contribution in [3.63, 3.8) is 0 Å². The summed E-state index contributed by atoms with van der Waals surface area (Å²) < 4.78 is 54.5.